The lowest BCUT2D eigenvalue weighted by Gasteiger charge is -2.31. The van der Waals surface area contributed by atoms with Gasteiger partial charge in [-0.25, -0.2) is 4.98 Å². The Balaban J connectivity index is 2.17. The first kappa shape index (κ1) is 11.7. The summed E-state index contributed by atoms with van der Waals surface area (Å²) in [5.74, 6) is 2.21. The highest BCUT2D eigenvalue weighted by atomic mass is 32.2. The number of pyridine rings is 1. The van der Waals surface area contributed by atoms with E-state index >= 15 is 0 Å². The number of aliphatic hydroxyl groups is 1. The van der Waals surface area contributed by atoms with Gasteiger partial charge in [-0.1, -0.05) is 13.0 Å². The van der Waals surface area contributed by atoms with Crippen LogP contribution in [0.3, 0.4) is 0 Å². The molecule has 2 heterocycles. The van der Waals surface area contributed by atoms with E-state index in [4.69, 9.17) is 5.11 Å². The summed E-state index contributed by atoms with van der Waals surface area (Å²) in [6, 6.07) is 3.99. The quantitative estimate of drug-likeness (QED) is 0.852. The van der Waals surface area contributed by atoms with Crippen molar-refractivity contribution in [2.45, 2.75) is 25.7 Å². The predicted molar refractivity (Wildman–Crippen MR) is 69.0 cm³/mol. The fourth-order valence-electron chi connectivity index (χ4n) is 1.95. The van der Waals surface area contributed by atoms with Gasteiger partial charge in [-0.15, -0.1) is 0 Å². The van der Waals surface area contributed by atoms with Crippen molar-refractivity contribution in [2.75, 3.05) is 23.7 Å². The van der Waals surface area contributed by atoms with E-state index in [1.807, 2.05) is 30.8 Å². The average molecular weight is 238 g/mol. The number of rotatable bonds is 2. The number of thioether (sulfide) groups is 1. The summed E-state index contributed by atoms with van der Waals surface area (Å²) in [5, 5.41) is 9.78. The molecule has 1 N–H and O–H groups in total. The molecule has 4 heteroatoms. The van der Waals surface area contributed by atoms with E-state index in [1.165, 1.54) is 5.75 Å². The standard InChI is InChI=1S/C12H18N2OS/c1-9-7-14(5-6-16-9)12-4-3-11(8-15)10(2)13-12/h3-4,9,15H,5-8H2,1-2H3. The second-order valence-corrected chi connectivity index (χ2v) is 5.75. The van der Waals surface area contributed by atoms with Gasteiger partial charge in [0.25, 0.3) is 0 Å². The van der Waals surface area contributed by atoms with Crippen LogP contribution < -0.4 is 4.90 Å². The fraction of sp³-hybridized carbons (Fsp3) is 0.583. The Bertz CT molecular complexity index is 370. The Kier molecular flexibility index (Phi) is 3.71. The van der Waals surface area contributed by atoms with Crippen molar-refractivity contribution in [3.05, 3.63) is 23.4 Å². The molecule has 3 nitrogen and oxygen atoms in total. The molecule has 88 valence electrons. The van der Waals surface area contributed by atoms with Gasteiger partial charge in [0.05, 0.1) is 6.61 Å². The molecule has 1 aliphatic heterocycles. The third kappa shape index (κ3) is 2.50. The van der Waals surface area contributed by atoms with E-state index in [-0.39, 0.29) is 6.61 Å². The molecule has 0 radical (unpaired) electrons. The summed E-state index contributed by atoms with van der Waals surface area (Å²) in [4.78, 5) is 6.89. The van der Waals surface area contributed by atoms with Crippen molar-refractivity contribution < 1.29 is 5.11 Å². The fourth-order valence-corrected chi connectivity index (χ4v) is 2.96. The van der Waals surface area contributed by atoms with Crippen LogP contribution in [0.2, 0.25) is 0 Å². The number of anilines is 1. The average Bonchev–Trinajstić information content (AvgIpc) is 2.29. The molecule has 1 saturated heterocycles. The molecule has 0 spiro atoms. The molecule has 0 aliphatic carbocycles. The van der Waals surface area contributed by atoms with Crippen molar-refractivity contribution in [3.8, 4) is 0 Å². The zero-order valence-corrected chi connectivity index (χ0v) is 10.6. The van der Waals surface area contributed by atoms with Gasteiger partial charge in [0.2, 0.25) is 0 Å². The van der Waals surface area contributed by atoms with Gasteiger partial charge in [-0.3, -0.25) is 0 Å². The molecular formula is C12H18N2OS. The number of hydrogen-bond donors (Lipinski definition) is 1. The monoisotopic (exact) mass is 238 g/mol. The van der Waals surface area contributed by atoms with Gasteiger partial charge in [0, 0.05) is 29.8 Å². The Labute approximate surface area is 101 Å². The summed E-state index contributed by atoms with van der Waals surface area (Å²) in [6.07, 6.45) is 0. The minimum absolute atomic E-state index is 0.0748. The van der Waals surface area contributed by atoms with Crippen LogP contribution in [0.25, 0.3) is 0 Å². The van der Waals surface area contributed by atoms with Crippen molar-refractivity contribution >= 4 is 17.6 Å². The minimum atomic E-state index is 0.0748. The highest BCUT2D eigenvalue weighted by Gasteiger charge is 2.18. The highest BCUT2D eigenvalue weighted by Crippen LogP contribution is 2.23. The number of aliphatic hydroxyl groups excluding tert-OH is 1. The van der Waals surface area contributed by atoms with E-state index in [9.17, 15) is 0 Å². The number of hydrogen-bond acceptors (Lipinski definition) is 4. The lowest BCUT2D eigenvalue weighted by atomic mass is 10.2. The Hall–Kier alpha value is -0.740. The van der Waals surface area contributed by atoms with Gasteiger partial charge in [0.1, 0.15) is 5.82 Å². The molecule has 1 unspecified atom stereocenters. The first-order chi connectivity index (χ1) is 7.70. The molecule has 0 saturated carbocycles. The van der Waals surface area contributed by atoms with Crippen LogP contribution in [0.4, 0.5) is 5.82 Å². The van der Waals surface area contributed by atoms with E-state index in [0.29, 0.717) is 5.25 Å². The van der Waals surface area contributed by atoms with Gasteiger partial charge in [0.15, 0.2) is 0 Å². The Morgan fingerprint density at radius 2 is 2.38 bits per heavy atom. The van der Waals surface area contributed by atoms with Crippen molar-refractivity contribution in [1.29, 1.82) is 0 Å². The largest absolute Gasteiger partial charge is 0.392 e. The van der Waals surface area contributed by atoms with Gasteiger partial charge >= 0.3 is 0 Å². The second-order valence-electron chi connectivity index (χ2n) is 4.20. The molecule has 1 aromatic heterocycles. The van der Waals surface area contributed by atoms with E-state index in [2.05, 4.69) is 16.8 Å². The van der Waals surface area contributed by atoms with Crippen LogP contribution in [0.15, 0.2) is 12.1 Å². The SMILES string of the molecule is Cc1nc(N2CCSC(C)C2)ccc1CO. The lowest BCUT2D eigenvalue weighted by molar-refractivity contribution is 0.280. The van der Waals surface area contributed by atoms with Crippen LogP contribution >= 0.6 is 11.8 Å². The molecule has 1 atom stereocenters. The predicted octanol–water partition coefficient (Wildman–Crippen LogP) is 1.82. The number of nitrogens with zero attached hydrogens (tertiary/aromatic N) is 2. The molecule has 16 heavy (non-hydrogen) atoms. The van der Waals surface area contributed by atoms with Crippen LogP contribution in [0, 0.1) is 6.92 Å². The summed E-state index contributed by atoms with van der Waals surface area (Å²) in [7, 11) is 0. The molecule has 0 amide bonds. The maximum Gasteiger partial charge on any atom is 0.128 e. The maximum absolute atomic E-state index is 9.10. The second kappa shape index (κ2) is 5.06. The van der Waals surface area contributed by atoms with Gasteiger partial charge in [-0.2, -0.15) is 11.8 Å². The van der Waals surface area contributed by atoms with Crippen molar-refractivity contribution in [3.63, 3.8) is 0 Å². The Morgan fingerprint density at radius 3 is 3.00 bits per heavy atom. The molecule has 0 bridgehead atoms. The minimum Gasteiger partial charge on any atom is -0.392 e. The van der Waals surface area contributed by atoms with E-state index in [0.717, 1.165) is 30.2 Å². The lowest BCUT2D eigenvalue weighted by Crippen LogP contribution is -2.37. The molecule has 1 aliphatic rings. The van der Waals surface area contributed by atoms with Crippen LogP contribution in [0.5, 0.6) is 0 Å². The topological polar surface area (TPSA) is 36.4 Å². The van der Waals surface area contributed by atoms with Gasteiger partial charge < -0.3 is 10.0 Å². The Morgan fingerprint density at radius 1 is 1.56 bits per heavy atom. The summed E-state index contributed by atoms with van der Waals surface area (Å²) >= 11 is 2.02. The van der Waals surface area contributed by atoms with Gasteiger partial charge in [-0.05, 0) is 18.6 Å². The maximum atomic E-state index is 9.10. The van der Waals surface area contributed by atoms with Crippen LogP contribution in [0.1, 0.15) is 18.2 Å². The molecule has 1 fully saturated rings. The molecule has 2 rings (SSSR count). The van der Waals surface area contributed by atoms with Crippen LogP contribution in [-0.2, 0) is 6.61 Å². The van der Waals surface area contributed by atoms with Crippen molar-refractivity contribution in [1.82, 2.24) is 4.98 Å². The highest BCUT2D eigenvalue weighted by molar-refractivity contribution is 8.00. The van der Waals surface area contributed by atoms with Crippen LogP contribution in [-0.4, -0.2) is 34.2 Å². The smallest absolute Gasteiger partial charge is 0.128 e. The van der Waals surface area contributed by atoms with E-state index < -0.39 is 0 Å². The first-order valence-corrected chi connectivity index (χ1v) is 6.69. The first-order valence-electron chi connectivity index (χ1n) is 5.64. The zero-order valence-electron chi connectivity index (χ0n) is 9.81. The number of aryl methyl sites for hydroxylation is 1. The molecule has 0 aromatic carbocycles. The third-order valence-electron chi connectivity index (χ3n) is 2.92. The summed E-state index contributed by atoms with van der Waals surface area (Å²) in [6.45, 7) is 6.42. The molecule has 1 aromatic rings. The van der Waals surface area contributed by atoms with E-state index in [1.54, 1.807) is 0 Å². The summed E-state index contributed by atoms with van der Waals surface area (Å²) in [5.41, 5.74) is 1.86. The summed E-state index contributed by atoms with van der Waals surface area (Å²) < 4.78 is 0. The molecular weight excluding hydrogens is 220 g/mol. The zero-order chi connectivity index (χ0) is 11.5. The third-order valence-corrected chi connectivity index (χ3v) is 4.05. The normalized spacial score (nSPS) is 21.2. The van der Waals surface area contributed by atoms with Crippen molar-refractivity contribution in [2.24, 2.45) is 0 Å². The number of aromatic nitrogens is 1.